The molecule has 1 N–H and O–H groups in total. The molecule has 2 rings (SSSR count). The van der Waals surface area contributed by atoms with Crippen molar-refractivity contribution in [2.75, 3.05) is 7.11 Å². The Labute approximate surface area is 106 Å². The fraction of sp³-hybridized carbons (Fsp3) is 0.583. The number of rotatable bonds is 3. The highest BCUT2D eigenvalue weighted by Crippen LogP contribution is 2.16. The second kappa shape index (κ2) is 5.66. The summed E-state index contributed by atoms with van der Waals surface area (Å²) in [6.45, 7) is 0. The summed E-state index contributed by atoms with van der Waals surface area (Å²) in [7, 11) is 3.23. The largest absolute Gasteiger partial charge is 0.479 e. The second-order valence-corrected chi connectivity index (χ2v) is 4.41. The van der Waals surface area contributed by atoms with Crippen LogP contribution in [0.2, 0.25) is 0 Å². The summed E-state index contributed by atoms with van der Waals surface area (Å²) >= 11 is 0. The summed E-state index contributed by atoms with van der Waals surface area (Å²) in [5.74, 6) is 0.0388. The van der Waals surface area contributed by atoms with Crippen LogP contribution in [0.3, 0.4) is 0 Å². The quantitative estimate of drug-likeness (QED) is 0.826. The minimum Gasteiger partial charge on any atom is -0.479 e. The van der Waals surface area contributed by atoms with Crippen molar-refractivity contribution in [3.63, 3.8) is 0 Å². The molecule has 98 valence electrons. The molecule has 0 saturated heterocycles. The number of ether oxygens (including phenoxy) is 1. The molecule has 1 fully saturated rings. The summed E-state index contributed by atoms with van der Waals surface area (Å²) in [6, 6.07) is 0. The molecule has 6 nitrogen and oxygen atoms in total. The van der Waals surface area contributed by atoms with Gasteiger partial charge in [-0.1, -0.05) is 6.42 Å². The van der Waals surface area contributed by atoms with Crippen LogP contribution in [-0.2, 0) is 7.05 Å². The van der Waals surface area contributed by atoms with Crippen LogP contribution >= 0.6 is 0 Å². The number of hydrogen-bond donors (Lipinski definition) is 1. The van der Waals surface area contributed by atoms with Crippen LogP contribution in [0.5, 0.6) is 5.88 Å². The van der Waals surface area contributed by atoms with E-state index in [0.717, 1.165) is 31.4 Å². The minimum absolute atomic E-state index is 0.280. The minimum atomic E-state index is -0.280. The molecular weight excluding hydrogens is 232 g/mol. The lowest BCUT2D eigenvalue weighted by atomic mass is 9.99. The number of aromatic nitrogens is 2. The van der Waals surface area contributed by atoms with E-state index in [-0.39, 0.29) is 5.91 Å². The zero-order valence-electron chi connectivity index (χ0n) is 10.8. The third-order valence-electron chi connectivity index (χ3n) is 2.98. The number of carbonyl (C=O) groups is 1. The summed E-state index contributed by atoms with van der Waals surface area (Å²) in [5, 5.41) is 8.20. The first kappa shape index (κ1) is 12.6. The topological polar surface area (TPSA) is 68.5 Å². The van der Waals surface area contributed by atoms with Gasteiger partial charge >= 0.3 is 0 Å². The predicted octanol–water partition coefficient (Wildman–Crippen LogP) is 1.48. The zero-order valence-corrected chi connectivity index (χ0v) is 10.8. The Balaban J connectivity index is 2.02. The lowest BCUT2D eigenvalue weighted by Crippen LogP contribution is -2.20. The standard InChI is InChI=1S/C12H18N4O2/c1-16-8-10(12(15-16)18-2)11(17)14-13-9-6-4-3-5-7-9/h8H,3-7H2,1-2H3,(H,14,17). The molecule has 18 heavy (non-hydrogen) atoms. The van der Waals surface area contributed by atoms with E-state index >= 15 is 0 Å². The molecule has 1 amide bonds. The highest BCUT2D eigenvalue weighted by atomic mass is 16.5. The third kappa shape index (κ3) is 2.88. The molecule has 0 unspecified atom stereocenters. The molecule has 1 heterocycles. The number of hydrazone groups is 1. The molecule has 0 radical (unpaired) electrons. The molecule has 1 aromatic rings. The molecule has 0 spiro atoms. The molecule has 1 aliphatic carbocycles. The number of hydrogen-bond acceptors (Lipinski definition) is 4. The summed E-state index contributed by atoms with van der Waals surface area (Å²) in [6.07, 6.45) is 7.14. The average Bonchev–Trinajstić information content (AvgIpc) is 2.78. The smallest absolute Gasteiger partial charge is 0.278 e. The molecule has 0 bridgehead atoms. The number of amides is 1. The van der Waals surface area contributed by atoms with Crippen molar-refractivity contribution >= 4 is 11.6 Å². The molecule has 0 aliphatic heterocycles. The monoisotopic (exact) mass is 250 g/mol. The van der Waals surface area contributed by atoms with E-state index in [9.17, 15) is 4.79 Å². The lowest BCUT2D eigenvalue weighted by Gasteiger charge is -2.11. The van der Waals surface area contributed by atoms with E-state index < -0.39 is 0 Å². The zero-order chi connectivity index (χ0) is 13.0. The number of nitrogens with zero attached hydrogens (tertiary/aromatic N) is 3. The van der Waals surface area contributed by atoms with E-state index in [1.54, 1.807) is 17.9 Å². The van der Waals surface area contributed by atoms with Gasteiger partial charge in [-0.05, 0) is 25.7 Å². The summed E-state index contributed by atoms with van der Waals surface area (Å²) < 4.78 is 6.58. The Morgan fingerprint density at radius 3 is 2.83 bits per heavy atom. The highest BCUT2D eigenvalue weighted by Gasteiger charge is 2.16. The van der Waals surface area contributed by atoms with Gasteiger partial charge in [-0.15, -0.1) is 5.10 Å². The maximum absolute atomic E-state index is 11.9. The molecular formula is C12H18N4O2. The van der Waals surface area contributed by atoms with Crippen molar-refractivity contribution in [1.82, 2.24) is 15.2 Å². The van der Waals surface area contributed by atoms with Crippen molar-refractivity contribution in [3.8, 4) is 5.88 Å². The predicted molar refractivity (Wildman–Crippen MR) is 67.7 cm³/mol. The number of aryl methyl sites for hydroxylation is 1. The van der Waals surface area contributed by atoms with Gasteiger partial charge in [0.2, 0.25) is 5.88 Å². The second-order valence-electron chi connectivity index (χ2n) is 4.41. The van der Waals surface area contributed by atoms with Crippen LogP contribution in [-0.4, -0.2) is 28.5 Å². The summed E-state index contributed by atoms with van der Waals surface area (Å²) in [5.41, 5.74) is 4.04. The van der Waals surface area contributed by atoms with Gasteiger partial charge < -0.3 is 4.74 Å². The van der Waals surface area contributed by atoms with Crippen molar-refractivity contribution in [3.05, 3.63) is 11.8 Å². The van der Waals surface area contributed by atoms with Crippen LogP contribution in [0, 0.1) is 0 Å². The highest BCUT2D eigenvalue weighted by molar-refractivity contribution is 5.97. The van der Waals surface area contributed by atoms with Crippen LogP contribution in [0.4, 0.5) is 0 Å². The van der Waals surface area contributed by atoms with E-state index in [4.69, 9.17) is 4.74 Å². The Morgan fingerprint density at radius 1 is 1.44 bits per heavy atom. The third-order valence-corrected chi connectivity index (χ3v) is 2.98. The number of carbonyl (C=O) groups excluding carboxylic acids is 1. The van der Waals surface area contributed by atoms with E-state index in [1.165, 1.54) is 13.5 Å². The Kier molecular flexibility index (Phi) is 3.96. The van der Waals surface area contributed by atoms with E-state index in [2.05, 4.69) is 15.6 Å². The maximum Gasteiger partial charge on any atom is 0.278 e. The normalized spacial score (nSPS) is 15.3. The van der Waals surface area contributed by atoms with Crippen molar-refractivity contribution in [2.45, 2.75) is 32.1 Å². The van der Waals surface area contributed by atoms with Crippen LogP contribution < -0.4 is 10.2 Å². The first-order chi connectivity index (χ1) is 8.70. The Hall–Kier alpha value is -1.85. The van der Waals surface area contributed by atoms with Crippen LogP contribution in [0.1, 0.15) is 42.5 Å². The first-order valence-electron chi connectivity index (χ1n) is 6.14. The van der Waals surface area contributed by atoms with Gasteiger partial charge in [-0.2, -0.15) is 5.10 Å². The lowest BCUT2D eigenvalue weighted by molar-refractivity contribution is 0.0951. The Morgan fingerprint density at radius 2 is 2.17 bits per heavy atom. The molecule has 0 aromatic carbocycles. The average molecular weight is 250 g/mol. The van der Waals surface area contributed by atoms with Gasteiger partial charge in [0.1, 0.15) is 5.56 Å². The van der Waals surface area contributed by atoms with Crippen molar-refractivity contribution in [2.24, 2.45) is 12.1 Å². The first-order valence-corrected chi connectivity index (χ1v) is 6.14. The van der Waals surface area contributed by atoms with Gasteiger partial charge in [0.15, 0.2) is 0 Å². The van der Waals surface area contributed by atoms with E-state index in [1.807, 2.05) is 0 Å². The fourth-order valence-electron chi connectivity index (χ4n) is 2.04. The van der Waals surface area contributed by atoms with Gasteiger partial charge in [-0.3, -0.25) is 9.48 Å². The molecule has 0 atom stereocenters. The fourth-order valence-corrected chi connectivity index (χ4v) is 2.04. The van der Waals surface area contributed by atoms with Gasteiger partial charge in [-0.25, -0.2) is 5.43 Å². The van der Waals surface area contributed by atoms with Crippen molar-refractivity contribution in [1.29, 1.82) is 0 Å². The van der Waals surface area contributed by atoms with Gasteiger partial charge in [0.25, 0.3) is 5.91 Å². The number of methoxy groups -OCH3 is 1. The molecule has 1 aliphatic rings. The Bertz CT molecular complexity index is 457. The molecule has 1 saturated carbocycles. The van der Waals surface area contributed by atoms with Gasteiger partial charge in [0, 0.05) is 19.0 Å². The van der Waals surface area contributed by atoms with Crippen LogP contribution in [0.15, 0.2) is 11.3 Å². The molecule has 6 heteroatoms. The molecule has 1 aromatic heterocycles. The van der Waals surface area contributed by atoms with Crippen LogP contribution in [0.25, 0.3) is 0 Å². The number of nitrogens with one attached hydrogen (secondary N) is 1. The van der Waals surface area contributed by atoms with E-state index in [0.29, 0.717) is 11.4 Å². The maximum atomic E-state index is 11.9. The van der Waals surface area contributed by atoms with Crippen molar-refractivity contribution < 1.29 is 9.53 Å². The van der Waals surface area contributed by atoms with Gasteiger partial charge in [0.05, 0.1) is 7.11 Å². The SMILES string of the molecule is COc1nn(C)cc1C(=O)NN=C1CCCCC1. The summed E-state index contributed by atoms with van der Waals surface area (Å²) in [4.78, 5) is 11.9.